The molecule has 0 radical (unpaired) electrons. The Hall–Kier alpha value is 0.1000. The molecule has 0 amide bonds. The summed E-state index contributed by atoms with van der Waals surface area (Å²) < 4.78 is 6.27. The lowest BCUT2D eigenvalue weighted by atomic mass is 9.87. The fraction of sp³-hybridized carbons (Fsp3) is 0.692. The number of hydrogen-bond donors (Lipinski definition) is 1. The Kier molecular flexibility index (Phi) is 6.13. The van der Waals surface area contributed by atoms with Crippen molar-refractivity contribution in [3.05, 3.63) is 20.3 Å². The number of halogens is 1. The van der Waals surface area contributed by atoms with E-state index in [0.717, 1.165) is 26.1 Å². The summed E-state index contributed by atoms with van der Waals surface area (Å²) in [4.78, 5) is 1.45. The maximum Gasteiger partial charge on any atom is 0.0730 e. The molecule has 1 heterocycles. The van der Waals surface area contributed by atoms with Gasteiger partial charge in [-0.25, -0.2) is 0 Å². The molecule has 0 fully saturated rings. The van der Waals surface area contributed by atoms with Crippen LogP contribution in [0.3, 0.4) is 0 Å². The number of aryl methyl sites for hydroxylation is 1. The van der Waals surface area contributed by atoms with Gasteiger partial charge in [0.2, 0.25) is 0 Å². The minimum absolute atomic E-state index is 0.238. The van der Waals surface area contributed by atoms with E-state index in [9.17, 15) is 0 Å². The first-order valence-electron chi connectivity index (χ1n) is 5.93. The Labute approximate surface area is 117 Å². The van der Waals surface area contributed by atoms with E-state index in [1.54, 1.807) is 7.11 Å². The lowest BCUT2D eigenvalue weighted by Crippen LogP contribution is -2.26. The Bertz CT molecular complexity index is 330. The normalized spacial score (nSPS) is 12.1. The third-order valence-electron chi connectivity index (χ3n) is 2.93. The van der Waals surface area contributed by atoms with Crippen molar-refractivity contribution in [2.45, 2.75) is 32.6 Å². The summed E-state index contributed by atoms with van der Waals surface area (Å²) in [7, 11) is 1.73. The lowest BCUT2D eigenvalue weighted by molar-refractivity contribution is 0.198. The smallest absolute Gasteiger partial charge is 0.0730 e. The average Bonchev–Trinajstić information content (AvgIpc) is 2.60. The Morgan fingerprint density at radius 3 is 2.65 bits per heavy atom. The Balaban J connectivity index is 2.45. The first kappa shape index (κ1) is 15.2. The molecule has 1 rings (SSSR count). The molecule has 0 aromatic carbocycles. The van der Waals surface area contributed by atoms with Gasteiger partial charge < -0.3 is 10.1 Å². The third kappa shape index (κ3) is 4.70. The van der Waals surface area contributed by atoms with Crippen LogP contribution in [0.4, 0.5) is 0 Å². The van der Waals surface area contributed by atoms with Crippen LogP contribution in [-0.2, 0) is 10.2 Å². The summed E-state index contributed by atoms with van der Waals surface area (Å²) in [6, 6.07) is 2.30. The average molecular weight is 320 g/mol. The molecule has 0 bridgehead atoms. The molecule has 1 aromatic heterocycles. The van der Waals surface area contributed by atoms with Crippen LogP contribution in [0.25, 0.3) is 0 Å². The van der Waals surface area contributed by atoms with Gasteiger partial charge in [-0.1, -0.05) is 13.8 Å². The quantitative estimate of drug-likeness (QED) is 0.773. The van der Waals surface area contributed by atoms with Crippen molar-refractivity contribution in [3.8, 4) is 0 Å². The summed E-state index contributed by atoms with van der Waals surface area (Å²) in [6.45, 7) is 9.51. The van der Waals surface area contributed by atoms with Gasteiger partial charge in [-0.05, 0) is 47.4 Å². The van der Waals surface area contributed by atoms with Crippen LogP contribution in [-0.4, -0.2) is 26.8 Å². The highest BCUT2D eigenvalue weighted by Crippen LogP contribution is 2.37. The van der Waals surface area contributed by atoms with Gasteiger partial charge >= 0.3 is 0 Å². The molecule has 2 nitrogen and oxygen atoms in total. The van der Waals surface area contributed by atoms with Gasteiger partial charge in [0, 0.05) is 23.9 Å². The van der Waals surface area contributed by atoms with Crippen molar-refractivity contribution in [2.75, 3.05) is 26.8 Å². The topological polar surface area (TPSA) is 21.3 Å². The van der Waals surface area contributed by atoms with Crippen LogP contribution in [0.1, 0.15) is 30.7 Å². The van der Waals surface area contributed by atoms with E-state index in [4.69, 9.17) is 4.74 Å². The zero-order valence-corrected chi connectivity index (χ0v) is 13.5. The van der Waals surface area contributed by atoms with Gasteiger partial charge in [-0.15, -0.1) is 11.3 Å². The molecule has 4 heteroatoms. The minimum Gasteiger partial charge on any atom is -0.383 e. The summed E-state index contributed by atoms with van der Waals surface area (Å²) in [5.74, 6) is 0. The second-order valence-corrected chi connectivity index (χ2v) is 7.31. The number of methoxy groups -OCH3 is 1. The van der Waals surface area contributed by atoms with Crippen molar-refractivity contribution in [2.24, 2.45) is 0 Å². The molecule has 0 aliphatic rings. The molecule has 0 atom stereocenters. The van der Waals surface area contributed by atoms with Crippen molar-refractivity contribution in [3.63, 3.8) is 0 Å². The Morgan fingerprint density at radius 2 is 2.12 bits per heavy atom. The first-order valence-corrected chi connectivity index (χ1v) is 7.54. The van der Waals surface area contributed by atoms with Gasteiger partial charge in [0.15, 0.2) is 0 Å². The molecule has 0 aliphatic carbocycles. The molecule has 1 N–H and O–H groups in total. The maximum atomic E-state index is 5.01. The van der Waals surface area contributed by atoms with Crippen molar-refractivity contribution >= 4 is 27.3 Å². The van der Waals surface area contributed by atoms with E-state index in [-0.39, 0.29) is 5.41 Å². The number of rotatable bonds is 7. The zero-order valence-electron chi connectivity index (χ0n) is 11.1. The summed E-state index contributed by atoms with van der Waals surface area (Å²) in [5.41, 5.74) is 1.58. The fourth-order valence-electron chi connectivity index (χ4n) is 1.62. The van der Waals surface area contributed by atoms with Crippen LogP contribution in [0, 0.1) is 6.92 Å². The molecule has 98 valence electrons. The zero-order chi connectivity index (χ0) is 12.9. The predicted octanol–water partition coefficient (Wildman–Crippen LogP) is 3.72. The molecular formula is C13H22BrNOS. The van der Waals surface area contributed by atoms with Crippen molar-refractivity contribution in [1.29, 1.82) is 0 Å². The largest absolute Gasteiger partial charge is 0.383 e. The number of hydrogen-bond acceptors (Lipinski definition) is 3. The number of nitrogens with one attached hydrogen (secondary N) is 1. The molecule has 17 heavy (non-hydrogen) atoms. The van der Waals surface area contributed by atoms with E-state index in [1.165, 1.54) is 14.2 Å². The van der Waals surface area contributed by atoms with Crippen LogP contribution < -0.4 is 5.32 Å². The van der Waals surface area contributed by atoms with E-state index in [0.29, 0.717) is 0 Å². The molecule has 0 aliphatic heterocycles. The van der Waals surface area contributed by atoms with Crippen LogP contribution in [0.15, 0.2) is 9.85 Å². The van der Waals surface area contributed by atoms with E-state index >= 15 is 0 Å². The molecular weight excluding hydrogens is 298 g/mol. The standard InChI is InChI=1S/C13H22BrNOS/c1-10-9-11(17-12(10)14)13(2,3)5-6-15-7-8-16-4/h9,15H,5-8H2,1-4H3. The van der Waals surface area contributed by atoms with Crippen LogP contribution in [0.2, 0.25) is 0 Å². The summed E-state index contributed by atoms with van der Waals surface area (Å²) in [6.07, 6.45) is 1.14. The second kappa shape index (κ2) is 6.88. The van der Waals surface area contributed by atoms with Crippen molar-refractivity contribution < 1.29 is 4.74 Å². The Morgan fingerprint density at radius 1 is 1.41 bits per heavy atom. The number of ether oxygens (including phenoxy) is 1. The predicted molar refractivity (Wildman–Crippen MR) is 79.1 cm³/mol. The minimum atomic E-state index is 0.238. The maximum absolute atomic E-state index is 5.01. The molecule has 0 saturated heterocycles. The van der Waals surface area contributed by atoms with Crippen LogP contribution >= 0.6 is 27.3 Å². The highest BCUT2D eigenvalue weighted by Gasteiger charge is 2.22. The monoisotopic (exact) mass is 319 g/mol. The number of thiophene rings is 1. The van der Waals surface area contributed by atoms with E-state index in [2.05, 4.69) is 48.1 Å². The van der Waals surface area contributed by atoms with Gasteiger partial charge in [-0.3, -0.25) is 0 Å². The fourth-order valence-corrected chi connectivity index (χ4v) is 3.28. The van der Waals surface area contributed by atoms with E-state index in [1.807, 2.05) is 11.3 Å². The SMILES string of the molecule is COCCNCCC(C)(C)c1cc(C)c(Br)s1. The van der Waals surface area contributed by atoms with Crippen LogP contribution in [0.5, 0.6) is 0 Å². The van der Waals surface area contributed by atoms with Crippen molar-refractivity contribution in [1.82, 2.24) is 5.32 Å². The molecule has 0 unspecified atom stereocenters. The molecule has 1 aromatic rings. The van der Waals surface area contributed by atoms with E-state index < -0.39 is 0 Å². The highest BCUT2D eigenvalue weighted by molar-refractivity contribution is 9.11. The molecule has 0 spiro atoms. The molecule has 0 saturated carbocycles. The van der Waals surface area contributed by atoms with Gasteiger partial charge in [-0.2, -0.15) is 0 Å². The third-order valence-corrected chi connectivity index (χ3v) is 5.44. The second-order valence-electron chi connectivity index (χ2n) is 4.94. The highest BCUT2D eigenvalue weighted by atomic mass is 79.9. The van der Waals surface area contributed by atoms with Gasteiger partial charge in [0.05, 0.1) is 10.4 Å². The lowest BCUT2D eigenvalue weighted by Gasteiger charge is -2.23. The summed E-state index contributed by atoms with van der Waals surface area (Å²) in [5, 5.41) is 3.40. The summed E-state index contributed by atoms with van der Waals surface area (Å²) >= 11 is 5.45. The van der Waals surface area contributed by atoms with Gasteiger partial charge in [0.25, 0.3) is 0 Å². The van der Waals surface area contributed by atoms with Gasteiger partial charge in [0.1, 0.15) is 0 Å². The first-order chi connectivity index (χ1) is 7.97.